The van der Waals surface area contributed by atoms with Crippen molar-refractivity contribution in [1.82, 2.24) is 4.98 Å². The number of halogens is 1. The Labute approximate surface area is 110 Å². The van der Waals surface area contributed by atoms with E-state index in [4.69, 9.17) is 16.3 Å². The van der Waals surface area contributed by atoms with Crippen LogP contribution in [-0.2, 0) is 0 Å². The van der Waals surface area contributed by atoms with Crippen molar-refractivity contribution in [2.75, 3.05) is 7.11 Å². The Kier molecular flexibility index (Phi) is 3.43. The third-order valence-corrected chi connectivity index (χ3v) is 3.07. The first-order chi connectivity index (χ1) is 8.51. The minimum absolute atomic E-state index is 0.203. The molecule has 2 rings (SSSR count). The Bertz CT molecular complexity index is 647. The van der Waals surface area contributed by atoms with E-state index >= 15 is 0 Å². The number of aromatic nitrogens is 1. The molecule has 2 aromatic rings. The maximum atomic E-state index is 11.4. The Morgan fingerprint density at radius 3 is 2.44 bits per heavy atom. The number of rotatable bonds is 2. The third kappa shape index (κ3) is 2.41. The second-order valence-electron chi connectivity index (χ2n) is 4.22. The highest BCUT2D eigenvalue weighted by atomic mass is 35.5. The molecule has 94 valence electrons. The van der Waals surface area contributed by atoms with Gasteiger partial charge in [0.1, 0.15) is 10.9 Å². The molecule has 4 heteroatoms. The van der Waals surface area contributed by atoms with Crippen molar-refractivity contribution in [2.24, 2.45) is 0 Å². The van der Waals surface area contributed by atoms with Gasteiger partial charge in [-0.25, -0.2) is 0 Å². The highest BCUT2D eigenvalue weighted by molar-refractivity contribution is 6.29. The van der Waals surface area contributed by atoms with Crippen LogP contribution >= 0.6 is 11.6 Å². The van der Waals surface area contributed by atoms with Crippen molar-refractivity contribution in [3.63, 3.8) is 0 Å². The number of benzene rings is 1. The van der Waals surface area contributed by atoms with Gasteiger partial charge in [0.2, 0.25) is 5.56 Å². The van der Waals surface area contributed by atoms with Gasteiger partial charge in [0, 0.05) is 6.07 Å². The van der Waals surface area contributed by atoms with E-state index in [9.17, 15) is 4.79 Å². The molecule has 0 unspecified atom stereocenters. The quantitative estimate of drug-likeness (QED) is 0.845. The molecule has 0 atom stereocenters. The van der Waals surface area contributed by atoms with E-state index in [2.05, 4.69) is 4.98 Å². The zero-order valence-electron chi connectivity index (χ0n) is 10.5. The van der Waals surface area contributed by atoms with E-state index in [1.54, 1.807) is 19.2 Å². The average molecular weight is 264 g/mol. The van der Waals surface area contributed by atoms with Crippen LogP contribution in [0.3, 0.4) is 0 Å². The summed E-state index contributed by atoms with van der Waals surface area (Å²) in [5.41, 5.74) is 3.66. The number of nitrogens with one attached hydrogen (secondary N) is 1. The van der Waals surface area contributed by atoms with Crippen LogP contribution in [0.5, 0.6) is 5.75 Å². The molecule has 0 aliphatic carbocycles. The molecule has 1 N–H and O–H groups in total. The van der Waals surface area contributed by atoms with Gasteiger partial charge in [0.25, 0.3) is 0 Å². The van der Waals surface area contributed by atoms with Crippen molar-refractivity contribution in [2.45, 2.75) is 13.8 Å². The minimum Gasteiger partial charge on any atom is -0.496 e. The van der Waals surface area contributed by atoms with Crippen LogP contribution in [0.15, 0.2) is 29.1 Å². The summed E-state index contributed by atoms with van der Waals surface area (Å²) in [4.78, 5) is 14.0. The Morgan fingerprint density at radius 2 is 1.83 bits per heavy atom. The Hall–Kier alpha value is -1.74. The number of aromatic amines is 1. The van der Waals surface area contributed by atoms with E-state index in [1.165, 1.54) is 0 Å². The second-order valence-corrected chi connectivity index (χ2v) is 4.63. The third-order valence-electron chi connectivity index (χ3n) is 2.86. The normalized spacial score (nSPS) is 10.4. The molecule has 1 heterocycles. The van der Waals surface area contributed by atoms with Crippen LogP contribution in [0.25, 0.3) is 11.1 Å². The van der Waals surface area contributed by atoms with Gasteiger partial charge >= 0.3 is 0 Å². The van der Waals surface area contributed by atoms with Gasteiger partial charge in [-0.05, 0) is 54.3 Å². The highest BCUT2D eigenvalue weighted by Crippen LogP contribution is 2.30. The van der Waals surface area contributed by atoms with Crippen molar-refractivity contribution < 1.29 is 4.74 Å². The van der Waals surface area contributed by atoms with Crippen LogP contribution in [0.1, 0.15) is 11.1 Å². The number of pyridine rings is 1. The molecule has 0 saturated heterocycles. The van der Waals surface area contributed by atoms with Gasteiger partial charge in [0.15, 0.2) is 0 Å². The molecule has 0 spiro atoms. The van der Waals surface area contributed by atoms with Crippen molar-refractivity contribution in [1.29, 1.82) is 0 Å². The highest BCUT2D eigenvalue weighted by Gasteiger charge is 2.08. The number of hydrogen-bond acceptors (Lipinski definition) is 2. The SMILES string of the molecule is COc1cc(C)c(-c2cc(Cl)[nH]c(=O)c2)cc1C. The molecule has 1 aromatic carbocycles. The molecule has 0 saturated carbocycles. The van der Waals surface area contributed by atoms with Crippen LogP contribution in [0, 0.1) is 13.8 Å². The lowest BCUT2D eigenvalue weighted by molar-refractivity contribution is 0.411. The largest absolute Gasteiger partial charge is 0.496 e. The van der Waals surface area contributed by atoms with E-state index in [0.29, 0.717) is 5.15 Å². The molecule has 18 heavy (non-hydrogen) atoms. The van der Waals surface area contributed by atoms with Crippen LogP contribution in [0.2, 0.25) is 5.15 Å². The van der Waals surface area contributed by atoms with Crippen LogP contribution < -0.4 is 10.3 Å². The fourth-order valence-electron chi connectivity index (χ4n) is 1.99. The van der Waals surface area contributed by atoms with E-state index < -0.39 is 0 Å². The maximum Gasteiger partial charge on any atom is 0.249 e. The molecule has 0 aliphatic heterocycles. The summed E-state index contributed by atoms with van der Waals surface area (Å²) in [6.07, 6.45) is 0. The zero-order valence-corrected chi connectivity index (χ0v) is 11.3. The molecule has 0 amide bonds. The predicted octanol–water partition coefficient (Wildman–Crippen LogP) is 3.32. The van der Waals surface area contributed by atoms with Crippen molar-refractivity contribution >= 4 is 11.6 Å². The summed E-state index contributed by atoms with van der Waals surface area (Å²) in [6, 6.07) is 7.25. The summed E-state index contributed by atoms with van der Waals surface area (Å²) in [5.74, 6) is 0.840. The van der Waals surface area contributed by atoms with E-state index in [0.717, 1.165) is 28.0 Å². The summed E-state index contributed by atoms with van der Waals surface area (Å²) >= 11 is 5.87. The first-order valence-corrected chi connectivity index (χ1v) is 5.94. The van der Waals surface area contributed by atoms with Gasteiger partial charge in [-0.15, -0.1) is 0 Å². The molecule has 0 aliphatic rings. The first kappa shape index (κ1) is 12.7. The lowest BCUT2D eigenvalue weighted by atomic mass is 9.98. The summed E-state index contributed by atoms with van der Waals surface area (Å²) in [7, 11) is 1.64. The van der Waals surface area contributed by atoms with Gasteiger partial charge < -0.3 is 9.72 Å². The first-order valence-electron chi connectivity index (χ1n) is 5.56. The monoisotopic (exact) mass is 263 g/mol. The molecule has 0 fully saturated rings. The molecular formula is C14H14ClNO2. The lowest BCUT2D eigenvalue weighted by Crippen LogP contribution is -2.04. The van der Waals surface area contributed by atoms with Gasteiger partial charge in [-0.3, -0.25) is 4.79 Å². The summed E-state index contributed by atoms with van der Waals surface area (Å²) in [5, 5.41) is 0.338. The molecule has 0 radical (unpaired) electrons. The molecule has 1 aromatic heterocycles. The predicted molar refractivity (Wildman–Crippen MR) is 73.5 cm³/mol. The maximum absolute atomic E-state index is 11.4. The molecular weight excluding hydrogens is 250 g/mol. The number of methoxy groups -OCH3 is 1. The van der Waals surface area contributed by atoms with E-state index in [-0.39, 0.29) is 5.56 Å². The lowest BCUT2D eigenvalue weighted by Gasteiger charge is -2.11. The van der Waals surface area contributed by atoms with Gasteiger partial charge in [-0.2, -0.15) is 0 Å². The summed E-state index contributed by atoms with van der Waals surface area (Å²) in [6.45, 7) is 3.95. The van der Waals surface area contributed by atoms with Gasteiger partial charge in [-0.1, -0.05) is 11.6 Å². The fourth-order valence-corrected chi connectivity index (χ4v) is 2.20. The standard InChI is InChI=1S/C14H14ClNO2/c1-8-5-12(18-3)9(2)4-11(8)10-6-13(15)16-14(17)7-10/h4-7H,1-3H3,(H,16,17). The number of ether oxygens (including phenoxy) is 1. The van der Waals surface area contributed by atoms with E-state index in [1.807, 2.05) is 26.0 Å². The average Bonchev–Trinajstić information content (AvgIpc) is 2.30. The van der Waals surface area contributed by atoms with Gasteiger partial charge in [0.05, 0.1) is 7.11 Å². The Balaban J connectivity index is 2.64. The smallest absolute Gasteiger partial charge is 0.249 e. The van der Waals surface area contributed by atoms with Crippen molar-refractivity contribution in [3.8, 4) is 16.9 Å². The minimum atomic E-state index is -0.203. The second kappa shape index (κ2) is 4.86. The molecule has 3 nitrogen and oxygen atoms in total. The number of aryl methyl sites for hydroxylation is 2. The van der Waals surface area contributed by atoms with Crippen molar-refractivity contribution in [3.05, 3.63) is 50.9 Å². The zero-order chi connectivity index (χ0) is 13.3. The topological polar surface area (TPSA) is 42.1 Å². The van der Waals surface area contributed by atoms with Crippen LogP contribution in [0.4, 0.5) is 0 Å². The molecule has 0 bridgehead atoms. The number of hydrogen-bond donors (Lipinski definition) is 1. The Morgan fingerprint density at radius 1 is 1.11 bits per heavy atom. The fraction of sp³-hybridized carbons (Fsp3) is 0.214. The van der Waals surface area contributed by atoms with Crippen LogP contribution in [-0.4, -0.2) is 12.1 Å². The number of H-pyrrole nitrogens is 1. The summed E-state index contributed by atoms with van der Waals surface area (Å²) < 4.78 is 5.27.